The van der Waals surface area contributed by atoms with Crippen molar-refractivity contribution in [2.75, 3.05) is 39.0 Å². The molecule has 1 aromatic rings. The summed E-state index contributed by atoms with van der Waals surface area (Å²) in [6, 6.07) is 0. The zero-order chi connectivity index (χ0) is 13.1. The van der Waals surface area contributed by atoms with Crippen LogP contribution in [0.3, 0.4) is 0 Å². The molecule has 0 saturated carbocycles. The minimum atomic E-state index is -0.260. The largest absolute Gasteiger partial charge is 0.343 e. The van der Waals surface area contributed by atoms with Gasteiger partial charge in [0.25, 0.3) is 0 Å². The normalized spacial score (nSPS) is 17.1. The highest BCUT2D eigenvalue weighted by Crippen LogP contribution is 2.13. The van der Waals surface area contributed by atoms with Crippen LogP contribution in [-0.2, 0) is 11.8 Å². The van der Waals surface area contributed by atoms with E-state index in [0.29, 0.717) is 10.9 Å². The zero-order valence-corrected chi connectivity index (χ0v) is 11.4. The fourth-order valence-electron chi connectivity index (χ4n) is 1.74. The molecule has 1 aliphatic rings. The fourth-order valence-corrected chi connectivity index (χ4v) is 2.56. The van der Waals surface area contributed by atoms with Gasteiger partial charge in [-0.25, -0.2) is 9.89 Å². The third-order valence-corrected chi connectivity index (χ3v) is 4.03. The van der Waals surface area contributed by atoms with E-state index in [1.54, 1.807) is 7.05 Å². The van der Waals surface area contributed by atoms with Gasteiger partial charge < -0.3 is 9.80 Å². The number of nitrogens with zero attached hydrogens (tertiary/aromatic N) is 4. The highest BCUT2D eigenvalue weighted by molar-refractivity contribution is 7.99. The quantitative estimate of drug-likeness (QED) is 0.712. The van der Waals surface area contributed by atoms with E-state index in [1.165, 1.54) is 16.3 Å². The van der Waals surface area contributed by atoms with Crippen LogP contribution >= 0.6 is 11.8 Å². The first-order valence-corrected chi connectivity index (χ1v) is 6.77. The molecule has 8 heteroatoms. The second kappa shape index (κ2) is 5.57. The highest BCUT2D eigenvalue weighted by Gasteiger charge is 2.19. The molecule has 0 aromatic carbocycles. The Bertz CT molecular complexity index is 475. The van der Waals surface area contributed by atoms with Crippen LogP contribution in [0.4, 0.5) is 0 Å². The molecule has 0 aliphatic carbocycles. The minimum Gasteiger partial charge on any atom is -0.339 e. The molecule has 0 bridgehead atoms. The average Bonchev–Trinajstić information content (AvgIpc) is 2.68. The molecule has 100 valence electrons. The van der Waals surface area contributed by atoms with Crippen LogP contribution in [0, 0.1) is 0 Å². The fraction of sp³-hybridized carbons (Fsp3) is 0.700. The van der Waals surface area contributed by atoms with Crippen LogP contribution in [0.25, 0.3) is 0 Å². The SMILES string of the molecule is CN1CCN(C(=O)CSc2n[nH]c(=O)n2C)CC1. The zero-order valence-electron chi connectivity index (χ0n) is 10.5. The van der Waals surface area contributed by atoms with Gasteiger partial charge in [-0.2, -0.15) is 0 Å². The van der Waals surface area contributed by atoms with Gasteiger partial charge in [0.15, 0.2) is 5.16 Å². The van der Waals surface area contributed by atoms with Crippen LogP contribution in [-0.4, -0.2) is 69.5 Å². The number of aromatic nitrogens is 3. The van der Waals surface area contributed by atoms with E-state index in [9.17, 15) is 9.59 Å². The maximum Gasteiger partial charge on any atom is 0.343 e. The molecule has 1 aromatic heterocycles. The van der Waals surface area contributed by atoms with Crippen molar-refractivity contribution in [3.8, 4) is 0 Å². The monoisotopic (exact) mass is 271 g/mol. The Balaban J connectivity index is 1.85. The van der Waals surface area contributed by atoms with Gasteiger partial charge in [-0.05, 0) is 7.05 Å². The number of piperazine rings is 1. The summed E-state index contributed by atoms with van der Waals surface area (Å²) in [6.45, 7) is 3.37. The van der Waals surface area contributed by atoms with Crippen LogP contribution in [0.2, 0.25) is 0 Å². The Morgan fingerprint density at radius 2 is 2.00 bits per heavy atom. The number of likely N-dealkylation sites (N-methyl/N-ethyl adjacent to an activating group) is 1. The molecular weight excluding hydrogens is 254 g/mol. The highest BCUT2D eigenvalue weighted by atomic mass is 32.2. The number of amides is 1. The lowest BCUT2D eigenvalue weighted by molar-refractivity contribution is -0.129. The molecule has 7 nitrogen and oxygen atoms in total. The van der Waals surface area contributed by atoms with Crippen molar-refractivity contribution < 1.29 is 4.79 Å². The molecule has 2 rings (SSSR count). The first-order chi connectivity index (χ1) is 8.58. The molecular formula is C10H17N5O2S. The number of hydrogen-bond acceptors (Lipinski definition) is 5. The van der Waals surface area contributed by atoms with Gasteiger partial charge in [0.1, 0.15) is 0 Å². The Kier molecular flexibility index (Phi) is 4.07. The standard InChI is InChI=1S/C10H17N5O2S/c1-13-3-5-15(6-4-13)8(16)7-18-10-12-11-9(17)14(10)2/h3-7H2,1-2H3,(H,11,17). The van der Waals surface area contributed by atoms with Gasteiger partial charge in [-0.15, -0.1) is 5.10 Å². The number of H-pyrrole nitrogens is 1. The number of rotatable bonds is 3. The van der Waals surface area contributed by atoms with E-state index >= 15 is 0 Å². The first kappa shape index (κ1) is 13.2. The summed E-state index contributed by atoms with van der Waals surface area (Å²) in [5, 5.41) is 6.75. The van der Waals surface area contributed by atoms with Crippen LogP contribution in [0.1, 0.15) is 0 Å². The summed E-state index contributed by atoms with van der Waals surface area (Å²) >= 11 is 1.29. The van der Waals surface area contributed by atoms with Gasteiger partial charge >= 0.3 is 5.69 Å². The molecule has 2 heterocycles. The van der Waals surface area contributed by atoms with Crippen LogP contribution < -0.4 is 5.69 Å². The van der Waals surface area contributed by atoms with Gasteiger partial charge in [-0.1, -0.05) is 11.8 Å². The second-order valence-electron chi connectivity index (χ2n) is 4.34. The smallest absolute Gasteiger partial charge is 0.339 e. The Morgan fingerprint density at radius 1 is 1.33 bits per heavy atom. The number of thioether (sulfide) groups is 1. The molecule has 1 saturated heterocycles. The molecule has 1 fully saturated rings. The van der Waals surface area contributed by atoms with Crippen molar-refractivity contribution in [2.45, 2.75) is 5.16 Å². The topological polar surface area (TPSA) is 74.2 Å². The van der Waals surface area contributed by atoms with Crippen molar-refractivity contribution in [3.05, 3.63) is 10.5 Å². The van der Waals surface area contributed by atoms with Gasteiger partial charge in [0.2, 0.25) is 5.91 Å². The summed E-state index contributed by atoms with van der Waals surface area (Å²) in [5.41, 5.74) is -0.260. The lowest BCUT2D eigenvalue weighted by Crippen LogP contribution is -2.47. The third kappa shape index (κ3) is 2.94. The van der Waals surface area contributed by atoms with Gasteiger partial charge in [0, 0.05) is 33.2 Å². The van der Waals surface area contributed by atoms with Gasteiger partial charge in [-0.3, -0.25) is 9.36 Å². The summed E-state index contributed by atoms with van der Waals surface area (Å²) in [5.74, 6) is 0.422. The van der Waals surface area contributed by atoms with Crippen molar-refractivity contribution in [1.29, 1.82) is 0 Å². The summed E-state index contributed by atoms with van der Waals surface area (Å²) in [6.07, 6.45) is 0. The number of aromatic amines is 1. The van der Waals surface area contributed by atoms with Crippen molar-refractivity contribution in [1.82, 2.24) is 24.6 Å². The Morgan fingerprint density at radius 3 is 2.56 bits per heavy atom. The lowest BCUT2D eigenvalue weighted by Gasteiger charge is -2.32. The van der Waals surface area contributed by atoms with E-state index in [1.807, 2.05) is 4.90 Å². The van der Waals surface area contributed by atoms with E-state index in [0.717, 1.165) is 26.2 Å². The number of carbonyl (C=O) groups excluding carboxylic acids is 1. The summed E-state index contributed by atoms with van der Waals surface area (Å²) in [7, 11) is 3.69. The molecule has 1 N–H and O–H groups in total. The average molecular weight is 271 g/mol. The van der Waals surface area contributed by atoms with Crippen molar-refractivity contribution in [2.24, 2.45) is 7.05 Å². The minimum absolute atomic E-state index is 0.101. The maximum atomic E-state index is 12.0. The predicted octanol–water partition coefficient (Wildman–Crippen LogP) is -1.03. The molecule has 0 spiro atoms. The van der Waals surface area contributed by atoms with Crippen LogP contribution in [0.15, 0.2) is 9.95 Å². The second-order valence-corrected chi connectivity index (χ2v) is 5.29. The van der Waals surface area contributed by atoms with E-state index < -0.39 is 0 Å². The third-order valence-electron chi connectivity index (χ3n) is 3.02. The number of hydrogen-bond donors (Lipinski definition) is 1. The summed E-state index contributed by atoms with van der Waals surface area (Å²) in [4.78, 5) is 27.2. The summed E-state index contributed by atoms with van der Waals surface area (Å²) < 4.78 is 1.40. The molecule has 0 radical (unpaired) electrons. The Hall–Kier alpha value is -1.28. The first-order valence-electron chi connectivity index (χ1n) is 5.78. The predicted molar refractivity (Wildman–Crippen MR) is 68.6 cm³/mol. The number of carbonyl (C=O) groups is 1. The number of nitrogens with one attached hydrogen (secondary N) is 1. The van der Waals surface area contributed by atoms with Crippen molar-refractivity contribution >= 4 is 17.7 Å². The van der Waals surface area contributed by atoms with Crippen LogP contribution in [0.5, 0.6) is 0 Å². The van der Waals surface area contributed by atoms with E-state index in [-0.39, 0.29) is 11.6 Å². The molecule has 0 atom stereocenters. The molecule has 1 amide bonds. The molecule has 18 heavy (non-hydrogen) atoms. The maximum absolute atomic E-state index is 12.0. The van der Waals surface area contributed by atoms with E-state index in [2.05, 4.69) is 22.1 Å². The van der Waals surface area contributed by atoms with Gasteiger partial charge in [0.05, 0.1) is 5.75 Å². The van der Waals surface area contributed by atoms with E-state index in [4.69, 9.17) is 0 Å². The Labute approximate surface area is 109 Å². The lowest BCUT2D eigenvalue weighted by atomic mass is 10.3. The molecule has 0 unspecified atom stereocenters. The molecule has 1 aliphatic heterocycles. The van der Waals surface area contributed by atoms with Crippen molar-refractivity contribution in [3.63, 3.8) is 0 Å².